The number of hydrogen-bond acceptors (Lipinski definition) is 7. The van der Waals surface area contributed by atoms with Crippen LogP contribution in [0.4, 0.5) is 5.82 Å². The van der Waals surface area contributed by atoms with Crippen molar-refractivity contribution in [2.45, 2.75) is 44.6 Å². The topological polar surface area (TPSA) is 105 Å². The molecular formula is C20H21N7O. The molecule has 1 fully saturated rings. The molecule has 2 N–H and O–H groups in total. The Morgan fingerprint density at radius 1 is 1.21 bits per heavy atom. The molecule has 142 valence electrons. The number of anilines is 1. The molecule has 2 atom stereocenters. The highest BCUT2D eigenvalue weighted by Gasteiger charge is 2.30. The molecule has 1 aliphatic carbocycles. The van der Waals surface area contributed by atoms with E-state index in [1.54, 1.807) is 12.5 Å². The van der Waals surface area contributed by atoms with Gasteiger partial charge in [0.25, 0.3) is 0 Å². The first-order valence-electron chi connectivity index (χ1n) is 9.54. The highest BCUT2D eigenvalue weighted by molar-refractivity contribution is 5.85. The van der Waals surface area contributed by atoms with Crippen LogP contribution in [0.5, 0.6) is 0 Å². The second-order valence-electron chi connectivity index (χ2n) is 7.36. The number of nitrogens with zero attached hydrogens (tertiary/aromatic N) is 5. The third-order valence-corrected chi connectivity index (χ3v) is 5.46. The molecule has 1 aromatic carbocycles. The molecule has 4 aromatic rings. The van der Waals surface area contributed by atoms with Crippen LogP contribution in [0.25, 0.3) is 11.0 Å². The standard InChI is InChI=1S/C20H21N7O/c1-12-4-2-3-5-13(12)9-17-25-20(28-27-17)14-6-7-15(8-14)24-18-16-10-23-26-19(16)22-11-21-18/h2-5,10-11,14-15H,6-9H2,1H3,(H2,21,22,23,24,26)/t14-,15-/m0/s1. The molecule has 8 heteroatoms. The van der Waals surface area contributed by atoms with Crippen LogP contribution in [0.1, 0.15) is 48.0 Å². The summed E-state index contributed by atoms with van der Waals surface area (Å²) < 4.78 is 5.59. The number of aromatic amines is 1. The van der Waals surface area contributed by atoms with Gasteiger partial charge in [-0.25, -0.2) is 9.97 Å². The van der Waals surface area contributed by atoms with Crippen molar-refractivity contribution in [1.82, 2.24) is 30.3 Å². The Morgan fingerprint density at radius 2 is 2.14 bits per heavy atom. The maximum atomic E-state index is 5.59. The molecule has 0 bridgehead atoms. The summed E-state index contributed by atoms with van der Waals surface area (Å²) in [7, 11) is 0. The van der Waals surface area contributed by atoms with E-state index in [9.17, 15) is 0 Å². The summed E-state index contributed by atoms with van der Waals surface area (Å²) in [5, 5.41) is 15.5. The maximum absolute atomic E-state index is 5.59. The monoisotopic (exact) mass is 375 g/mol. The minimum Gasteiger partial charge on any atom is -0.367 e. The van der Waals surface area contributed by atoms with Crippen LogP contribution in [-0.4, -0.2) is 36.3 Å². The molecule has 0 aliphatic heterocycles. The van der Waals surface area contributed by atoms with Gasteiger partial charge < -0.3 is 9.84 Å². The number of H-pyrrole nitrogens is 1. The van der Waals surface area contributed by atoms with E-state index < -0.39 is 0 Å². The zero-order valence-corrected chi connectivity index (χ0v) is 15.6. The van der Waals surface area contributed by atoms with E-state index in [-0.39, 0.29) is 5.92 Å². The molecule has 8 nitrogen and oxygen atoms in total. The summed E-state index contributed by atoms with van der Waals surface area (Å²) in [6.07, 6.45) is 6.98. The number of fused-ring (bicyclic) bond motifs is 1. The van der Waals surface area contributed by atoms with E-state index in [1.807, 2.05) is 12.1 Å². The SMILES string of the molecule is Cc1ccccc1Cc1noc([C@H]2CC[C@H](Nc3ncnc4[nH]ncc34)C2)n1. The molecule has 0 radical (unpaired) electrons. The van der Waals surface area contributed by atoms with Crippen molar-refractivity contribution in [2.75, 3.05) is 5.32 Å². The summed E-state index contributed by atoms with van der Waals surface area (Å²) in [4.78, 5) is 13.2. The summed E-state index contributed by atoms with van der Waals surface area (Å²) in [6, 6.07) is 8.61. The fourth-order valence-corrected chi connectivity index (χ4v) is 3.89. The summed E-state index contributed by atoms with van der Waals surface area (Å²) in [5.41, 5.74) is 3.22. The van der Waals surface area contributed by atoms with E-state index in [0.717, 1.165) is 47.8 Å². The molecule has 0 spiro atoms. The molecule has 1 saturated carbocycles. The Labute approximate surface area is 161 Å². The molecule has 3 aromatic heterocycles. The first kappa shape index (κ1) is 16.9. The molecule has 28 heavy (non-hydrogen) atoms. The molecular weight excluding hydrogens is 354 g/mol. The van der Waals surface area contributed by atoms with Gasteiger partial charge >= 0.3 is 0 Å². The molecule has 0 amide bonds. The minimum atomic E-state index is 0.275. The summed E-state index contributed by atoms with van der Waals surface area (Å²) in [5.74, 6) is 2.58. The fourth-order valence-electron chi connectivity index (χ4n) is 3.89. The van der Waals surface area contributed by atoms with Crippen molar-refractivity contribution >= 4 is 16.9 Å². The largest absolute Gasteiger partial charge is 0.367 e. The van der Waals surface area contributed by atoms with E-state index in [4.69, 9.17) is 4.52 Å². The molecule has 0 unspecified atom stereocenters. The van der Waals surface area contributed by atoms with E-state index in [2.05, 4.69) is 54.7 Å². The van der Waals surface area contributed by atoms with E-state index in [1.165, 1.54) is 11.1 Å². The Hall–Kier alpha value is -3.29. The molecule has 1 aliphatic rings. The van der Waals surface area contributed by atoms with Gasteiger partial charge in [-0.15, -0.1) is 0 Å². The first-order valence-corrected chi connectivity index (χ1v) is 9.54. The van der Waals surface area contributed by atoms with Gasteiger partial charge in [-0.3, -0.25) is 5.10 Å². The number of nitrogens with one attached hydrogen (secondary N) is 2. The van der Waals surface area contributed by atoms with Crippen LogP contribution in [-0.2, 0) is 6.42 Å². The zero-order valence-electron chi connectivity index (χ0n) is 15.6. The minimum absolute atomic E-state index is 0.275. The van der Waals surface area contributed by atoms with Crippen molar-refractivity contribution in [1.29, 1.82) is 0 Å². The van der Waals surface area contributed by atoms with Crippen molar-refractivity contribution in [2.24, 2.45) is 0 Å². The Bertz CT molecular complexity index is 1100. The van der Waals surface area contributed by atoms with Gasteiger partial charge in [-0.1, -0.05) is 29.4 Å². The van der Waals surface area contributed by atoms with Gasteiger partial charge in [0, 0.05) is 18.4 Å². The van der Waals surface area contributed by atoms with Crippen LogP contribution in [0.3, 0.4) is 0 Å². The lowest BCUT2D eigenvalue weighted by Crippen LogP contribution is -2.16. The number of aromatic nitrogens is 6. The van der Waals surface area contributed by atoms with Crippen molar-refractivity contribution < 1.29 is 4.52 Å². The quantitative estimate of drug-likeness (QED) is 0.551. The van der Waals surface area contributed by atoms with Gasteiger partial charge in [-0.05, 0) is 37.3 Å². The van der Waals surface area contributed by atoms with Crippen LogP contribution >= 0.6 is 0 Å². The van der Waals surface area contributed by atoms with Crippen LogP contribution in [0.15, 0.2) is 41.3 Å². The van der Waals surface area contributed by atoms with Gasteiger partial charge in [-0.2, -0.15) is 10.1 Å². The smallest absolute Gasteiger partial charge is 0.229 e. The van der Waals surface area contributed by atoms with E-state index >= 15 is 0 Å². The van der Waals surface area contributed by atoms with Gasteiger partial charge in [0.15, 0.2) is 11.5 Å². The molecule has 3 heterocycles. The molecule has 0 saturated heterocycles. The Balaban J connectivity index is 1.26. The lowest BCUT2D eigenvalue weighted by molar-refractivity contribution is 0.350. The third-order valence-electron chi connectivity index (χ3n) is 5.46. The summed E-state index contributed by atoms with van der Waals surface area (Å²) >= 11 is 0. The second kappa shape index (κ2) is 7.03. The number of rotatable bonds is 5. The lowest BCUT2D eigenvalue weighted by atomic mass is 10.1. The Morgan fingerprint density at radius 3 is 3.07 bits per heavy atom. The predicted octanol–water partition coefficient (Wildman–Crippen LogP) is 3.38. The van der Waals surface area contributed by atoms with Crippen molar-refractivity contribution in [3.63, 3.8) is 0 Å². The van der Waals surface area contributed by atoms with Crippen molar-refractivity contribution in [3.8, 4) is 0 Å². The molecule has 5 rings (SSSR count). The first-order chi connectivity index (χ1) is 13.8. The normalized spacial score (nSPS) is 19.3. The number of benzene rings is 1. The van der Waals surface area contributed by atoms with Gasteiger partial charge in [0.1, 0.15) is 12.1 Å². The maximum Gasteiger partial charge on any atom is 0.229 e. The van der Waals surface area contributed by atoms with Crippen LogP contribution < -0.4 is 5.32 Å². The average molecular weight is 375 g/mol. The average Bonchev–Trinajstić information content (AvgIpc) is 3.44. The predicted molar refractivity (Wildman–Crippen MR) is 104 cm³/mol. The fraction of sp³-hybridized carbons (Fsp3) is 0.350. The van der Waals surface area contributed by atoms with Gasteiger partial charge in [0.05, 0.1) is 11.6 Å². The van der Waals surface area contributed by atoms with E-state index in [0.29, 0.717) is 12.5 Å². The Kier molecular flexibility index (Phi) is 4.23. The highest BCUT2D eigenvalue weighted by atomic mass is 16.5. The van der Waals surface area contributed by atoms with Crippen LogP contribution in [0, 0.1) is 6.92 Å². The number of aryl methyl sites for hydroxylation is 1. The number of hydrogen-bond donors (Lipinski definition) is 2. The zero-order chi connectivity index (χ0) is 18.9. The summed E-state index contributed by atoms with van der Waals surface area (Å²) in [6.45, 7) is 2.10. The van der Waals surface area contributed by atoms with Gasteiger partial charge in [0.2, 0.25) is 5.89 Å². The lowest BCUT2D eigenvalue weighted by Gasteiger charge is -2.13. The van der Waals surface area contributed by atoms with Crippen molar-refractivity contribution in [3.05, 3.63) is 59.6 Å². The second-order valence-corrected chi connectivity index (χ2v) is 7.36. The third kappa shape index (κ3) is 3.21. The van der Waals surface area contributed by atoms with Crippen LogP contribution in [0.2, 0.25) is 0 Å². The highest BCUT2D eigenvalue weighted by Crippen LogP contribution is 2.35.